The molecule has 0 saturated carbocycles. The highest BCUT2D eigenvalue weighted by atomic mass is 16.5. The van der Waals surface area contributed by atoms with Crippen molar-refractivity contribution in [3.05, 3.63) is 23.9 Å². The number of nitrogens with zero attached hydrogens (tertiary/aromatic N) is 2. The second kappa shape index (κ2) is 4.57. The summed E-state index contributed by atoms with van der Waals surface area (Å²) in [4.78, 5) is 18.2. The number of aromatic nitrogens is 1. The fourth-order valence-electron chi connectivity index (χ4n) is 2.71. The van der Waals surface area contributed by atoms with Gasteiger partial charge >= 0.3 is 5.97 Å². The Kier molecular flexibility index (Phi) is 2.91. The third kappa shape index (κ3) is 1.95. The molecule has 1 aromatic rings. The van der Waals surface area contributed by atoms with Crippen molar-refractivity contribution >= 4 is 11.8 Å². The zero-order chi connectivity index (χ0) is 12.5. The lowest BCUT2D eigenvalue weighted by molar-refractivity contribution is 0.0299. The molecule has 0 spiro atoms. The van der Waals surface area contributed by atoms with Gasteiger partial charge in [-0.3, -0.25) is 0 Å². The normalized spacial score (nSPS) is 26.2. The predicted octanol–water partition coefficient (Wildman–Crippen LogP) is 1.24. The number of hydrogen-bond donors (Lipinski definition) is 0. The van der Waals surface area contributed by atoms with Crippen LogP contribution < -0.4 is 4.90 Å². The highest BCUT2D eigenvalue weighted by molar-refractivity contribution is 5.94. The van der Waals surface area contributed by atoms with Crippen molar-refractivity contribution in [2.75, 3.05) is 25.1 Å². The lowest BCUT2D eigenvalue weighted by atomic mass is 10.2. The van der Waals surface area contributed by atoms with Gasteiger partial charge in [0, 0.05) is 19.3 Å². The quantitative estimate of drug-likeness (QED) is 0.737. The van der Waals surface area contributed by atoms with Crippen LogP contribution >= 0.6 is 0 Å². The van der Waals surface area contributed by atoms with Crippen LogP contribution in [0.1, 0.15) is 23.2 Å². The number of hydrogen-bond acceptors (Lipinski definition) is 5. The zero-order valence-corrected chi connectivity index (χ0v) is 10.3. The van der Waals surface area contributed by atoms with Crippen LogP contribution in [0.5, 0.6) is 0 Å². The van der Waals surface area contributed by atoms with E-state index in [0.29, 0.717) is 11.4 Å². The number of anilines is 1. The largest absolute Gasteiger partial charge is 0.465 e. The number of carbonyl (C=O) groups excluding carboxylic acids is 1. The number of esters is 1. The first-order valence-electron chi connectivity index (χ1n) is 6.21. The van der Waals surface area contributed by atoms with Crippen molar-refractivity contribution in [2.45, 2.75) is 25.0 Å². The molecule has 2 aliphatic heterocycles. The van der Waals surface area contributed by atoms with Crippen molar-refractivity contribution in [1.82, 2.24) is 4.98 Å². The van der Waals surface area contributed by atoms with Gasteiger partial charge in [0.1, 0.15) is 11.4 Å². The number of fused-ring (bicyclic) bond motifs is 2. The van der Waals surface area contributed by atoms with Gasteiger partial charge < -0.3 is 14.4 Å². The highest BCUT2D eigenvalue weighted by Crippen LogP contribution is 2.30. The zero-order valence-electron chi connectivity index (χ0n) is 10.3. The fraction of sp³-hybridized carbons (Fsp3) is 0.538. The van der Waals surface area contributed by atoms with Gasteiger partial charge in [-0.15, -0.1) is 0 Å². The van der Waals surface area contributed by atoms with Crippen molar-refractivity contribution < 1.29 is 14.3 Å². The Hall–Kier alpha value is -1.62. The molecule has 0 radical (unpaired) electrons. The number of carbonyl (C=O) groups is 1. The summed E-state index contributed by atoms with van der Waals surface area (Å²) in [7, 11) is 1.39. The van der Waals surface area contributed by atoms with Gasteiger partial charge in [0.2, 0.25) is 0 Å². The fourth-order valence-corrected chi connectivity index (χ4v) is 2.71. The number of methoxy groups -OCH3 is 1. The minimum absolute atomic E-state index is 0.274. The lowest BCUT2D eigenvalue weighted by Crippen LogP contribution is -2.43. The Morgan fingerprint density at radius 1 is 1.44 bits per heavy atom. The van der Waals surface area contributed by atoms with Gasteiger partial charge in [-0.1, -0.05) is 0 Å². The van der Waals surface area contributed by atoms with E-state index < -0.39 is 0 Å². The van der Waals surface area contributed by atoms with Crippen LogP contribution in [0.3, 0.4) is 0 Å². The van der Waals surface area contributed by atoms with Crippen LogP contribution in [0.25, 0.3) is 0 Å². The lowest BCUT2D eigenvalue weighted by Gasteiger charge is -2.33. The Balaban J connectivity index is 1.90. The van der Waals surface area contributed by atoms with Crippen LogP contribution in [-0.4, -0.2) is 43.4 Å². The molecule has 0 aromatic carbocycles. The average molecular weight is 248 g/mol. The third-order valence-corrected chi connectivity index (χ3v) is 3.54. The van der Waals surface area contributed by atoms with E-state index in [2.05, 4.69) is 9.88 Å². The first kappa shape index (κ1) is 11.5. The summed E-state index contributed by atoms with van der Waals surface area (Å²) >= 11 is 0. The first-order chi connectivity index (χ1) is 8.78. The molecule has 96 valence electrons. The Labute approximate surface area is 106 Å². The Morgan fingerprint density at radius 3 is 2.83 bits per heavy atom. The van der Waals surface area contributed by atoms with E-state index in [4.69, 9.17) is 9.47 Å². The molecule has 2 aliphatic rings. The Bertz CT molecular complexity index is 451. The summed E-state index contributed by atoms with van der Waals surface area (Å²) in [5.74, 6) is 0.376. The topological polar surface area (TPSA) is 51.7 Å². The molecule has 18 heavy (non-hydrogen) atoms. The smallest absolute Gasteiger partial charge is 0.341 e. The molecular formula is C13H16N2O3. The minimum Gasteiger partial charge on any atom is -0.465 e. The molecule has 3 rings (SSSR count). The predicted molar refractivity (Wildman–Crippen MR) is 65.7 cm³/mol. The van der Waals surface area contributed by atoms with Gasteiger partial charge in [-0.05, 0) is 25.0 Å². The maximum Gasteiger partial charge on any atom is 0.341 e. The summed E-state index contributed by atoms with van der Waals surface area (Å²) in [6.07, 6.45) is 4.45. The summed E-state index contributed by atoms with van der Waals surface area (Å²) in [5, 5.41) is 0. The SMILES string of the molecule is COC(=O)c1cccnc1N1C[C@H]2CC[C@@H](C1)O2. The molecule has 2 bridgehead atoms. The van der Waals surface area contributed by atoms with Gasteiger partial charge in [-0.2, -0.15) is 0 Å². The van der Waals surface area contributed by atoms with E-state index in [-0.39, 0.29) is 18.2 Å². The summed E-state index contributed by atoms with van der Waals surface area (Å²) in [6.45, 7) is 1.61. The van der Waals surface area contributed by atoms with Crippen LogP contribution in [0.2, 0.25) is 0 Å². The monoisotopic (exact) mass is 248 g/mol. The number of rotatable bonds is 2. The third-order valence-electron chi connectivity index (χ3n) is 3.54. The molecule has 5 nitrogen and oxygen atoms in total. The maximum absolute atomic E-state index is 11.7. The average Bonchev–Trinajstić information content (AvgIpc) is 2.76. The Morgan fingerprint density at radius 2 is 2.17 bits per heavy atom. The van der Waals surface area contributed by atoms with E-state index in [1.54, 1.807) is 18.3 Å². The molecule has 1 aromatic heterocycles. The summed E-state index contributed by atoms with van der Waals surface area (Å²) in [5.41, 5.74) is 0.529. The second-order valence-corrected chi connectivity index (χ2v) is 4.73. The van der Waals surface area contributed by atoms with Gasteiger partial charge in [0.25, 0.3) is 0 Å². The maximum atomic E-state index is 11.7. The molecule has 2 saturated heterocycles. The van der Waals surface area contributed by atoms with E-state index in [0.717, 1.165) is 25.9 Å². The van der Waals surface area contributed by atoms with Crippen LogP contribution in [0.15, 0.2) is 18.3 Å². The molecule has 0 unspecified atom stereocenters. The van der Waals surface area contributed by atoms with E-state index in [1.807, 2.05) is 0 Å². The van der Waals surface area contributed by atoms with Crippen LogP contribution in [-0.2, 0) is 9.47 Å². The molecule has 5 heteroatoms. The molecule has 2 fully saturated rings. The van der Waals surface area contributed by atoms with Crippen molar-refractivity contribution in [3.63, 3.8) is 0 Å². The number of pyridine rings is 1. The van der Waals surface area contributed by atoms with Gasteiger partial charge in [-0.25, -0.2) is 9.78 Å². The van der Waals surface area contributed by atoms with E-state index in [9.17, 15) is 4.79 Å². The summed E-state index contributed by atoms with van der Waals surface area (Å²) < 4.78 is 10.6. The second-order valence-electron chi connectivity index (χ2n) is 4.73. The van der Waals surface area contributed by atoms with E-state index in [1.165, 1.54) is 7.11 Å². The van der Waals surface area contributed by atoms with Crippen molar-refractivity contribution in [3.8, 4) is 0 Å². The minimum atomic E-state index is -0.336. The molecule has 0 aliphatic carbocycles. The number of ether oxygens (including phenoxy) is 2. The standard InChI is InChI=1S/C13H16N2O3/c1-17-13(16)11-3-2-6-14-12(11)15-7-9-4-5-10(8-15)18-9/h2-3,6,9-10H,4-5,7-8H2,1H3/t9-,10+. The molecule has 0 amide bonds. The highest BCUT2D eigenvalue weighted by Gasteiger charge is 2.35. The van der Waals surface area contributed by atoms with Gasteiger partial charge in [0.05, 0.1) is 19.3 Å². The first-order valence-corrected chi connectivity index (χ1v) is 6.21. The molecule has 2 atom stereocenters. The number of morpholine rings is 1. The van der Waals surface area contributed by atoms with Crippen molar-refractivity contribution in [1.29, 1.82) is 0 Å². The molecular weight excluding hydrogens is 232 g/mol. The van der Waals surface area contributed by atoms with Gasteiger partial charge in [0.15, 0.2) is 0 Å². The molecule has 3 heterocycles. The molecule has 0 N–H and O–H groups in total. The van der Waals surface area contributed by atoms with Crippen LogP contribution in [0.4, 0.5) is 5.82 Å². The van der Waals surface area contributed by atoms with Crippen molar-refractivity contribution in [2.24, 2.45) is 0 Å². The van der Waals surface area contributed by atoms with E-state index >= 15 is 0 Å². The summed E-state index contributed by atoms with van der Waals surface area (Å²) in [6, 6.07) is 3.51. The van der Waals surface area contributed by atoms with Crippen LogP contribution in [0, 0.1) is 0 Å².